The van der Waals surface area contributed by atoms with Crippen molar-refractivity contribution in [3.05, 3.63) is 28.8 Å². The fourth-order valence-electron chi connectivity index (χ4n) is 2.69. The number of hydrogen-bond acceptors (Lipinski definition) is 2. The molecule has 0 aliphatic carbocycles. The maximum Gasteiger partial charge on any atom is 0.163 e. The Kier molecular flexibility index (Phi) is 8.11. The number of aryl methyl sites for hydroxylation is 2. The molecule has 0 aliphatic rings. The molecule has 0 unspecified atom stereocenters. The molecule has 118 valence electrons. The predicted molar refractivity (Wildman–Crippen MR) is 89.4 cm³/mol. The van der Waals surface area contributed by atoms with Crippen LogP contribution in [0.2, 0.25) is 0 Å². The van der Waals surface area contributed by atoms with Crippen LogP contribution in [0.3, 0.4) is 0 Å². The van der Waals surface area contributed by atoms with Crippen LogP contribution in [0.15, 0.2) is 12.1 Å². The maximum atomic E-state index is 12.3. The van der Waals surface area contributed by atoms with Crippen molar-refractivity contribution in [3.63, 3.8) is 0 Å². The highest BCUT2D eigenvalue weighted by Crippen LogP contribution is 2.24. The minimum absolute atomic E-state index is 0.270. The molecule has 1 rings (SSSR count). The Morgan fingerprint density at radius 3 is 2.19 bits per heavy atom. The van der Waals surface area contributed by atoms with Crippen LogP contribution in [-0.4, -0.2) is 12.9 Å². The van der Waals surface area contributed by atoms with Gasteiger partial charge in [0, 0.05) is 12.0 Å². The summed E-state index contributed by atoms with van der Waals surface area (Å²) in [5.41, 5.74) is 2.91. The maximum absolute atomic E-state index is 12.3. The predicted octanol–water partition coefficient (Wildman–Crippen LogP) is 5.64. The van der Waals surface area contributed by atoms with E-state index in [4.69, 9.17) is 4.74 Å². The van der Waals surface area contributed by atoms with Crippen molar-refractivity contribution in [1.82, 2.24) is 0 Å². The molecule has 0 amide bonds. The van der Waals surface area contributed by atoms with E-state index < -0.39 is 0 Å². The summed E-state index contributed by atoms with van der Waals surface area (Å²) in [6.07, 6.45) is 9.37. The first-order valence-corrected chi connectivity index (χ1v) is 8.28. The summed E-state index contributed by atoms with van der Waals surface area (Å²) in [5.74, 6) is 1.13. The number of Topliss-reactive ketones (excluding diaryl/α,β-unsaturated/α-hetero) is 1. The average Bonchev–Trinajstić information content (AvgIpc) is 2.48. The van der Waals surface area contributed by atoms with Crippen LogP contribution in [0.25, 0.3) is 0 Å². The van der Waals surface area contributed by atoms with E-state index in [2.05, 4.69) is 6.92 Å². The second-order valence-electron chi connectivity index (χ2n) is 5.93. The topological polar surface area (TPSA) is 26.3 Å². The lowest BCUT2D eigenvalue weighted by Gasteiger charge is -2.10. The average molecular weight is 290 g/mol. The first kappa shape index (κ1) is 17.7. The van der Waals surface area contributed by atoms with E-state index in [0.717, 1.165) is 28.9 Å². The number of ether oxygens (including phenoxy) is 1. The van der Waals surface area contributed by atoms with E-state index in [1.165, 1.54) is 38.5 Å². The fraction of sp³-hybridized carbons (Fsp3) is 0.632. The zero-order valence-electron chi connectivity index (χ0n) is 14.1. The highest BCUT2D eigenvalue weighted by atomic mass is 16.5. The molecule has 1 aromatic carbocycles. The van der Waals surface area contributed by atoms with Gasteiger partial charge in [0.05, 0.1) is 7.11 Å². The molecule has 0 saturated carbocycles. The van der Waals surface area contributed by atoms with Gasteiger partial charge in [-0.1, -0.05) is 45.4 Å². The second-order valence-corrected chi connectivity index (χ2v) is 5.93. The van der Waals surface area contributed by atoms with Gasteiger partial charge in [-0.15, -0.1) is 0 Å². The van der Waals surface area contributed by atoms with Crippen LogP contribution in [0.5, 0.6) is 5.75 Å². The second kappa shape index (κ2) is 9.59. The fourth-order valence-corrected chi connectivity index (χ4v) is 2.69. The van der Waals surface area contributed by atoms with E-state index in [-0.39, 0.29) is 5.78 Å². The molecule has 0 atom stereocenters. The van der Waals surface area contributed by atoms with E-state index >= 15 is 0 Å². The Bertz CT molecular complexity index is 449. The van der Waals surface area contributed by atoms with Crippen molar-refractivity contribution in [3.8, 4) is 5.75 Å². The molecule has 0 fully saturated rings. The molecule has 21 heavy (non-hydrogen) atoms. The van der Waals surface area contributed by atoms with E-state index in [1.54, 1.807) is 7.11 Å². The van der Waals surface area contributed by atoms with Gasteiger partial charge in [0.2, 0.25) is 0 Å². The molecule has 0 N–H and O–H groups in total. The van der Waals surface area contributed by atoms with E-state index in [1.807, 2.05) is 26.0 Å². The number of methoxy groups -OCH3 is 1. The molecular formula is C19H30O2. The first-order valence-electron chi connectivity index (χ1n) is 8.28. The third kappa shape index (κ3) is 5.91. The third-order valence-electron chi connectivity index (χ3n) is 4.05. The van der Waals surface area contributed by atoms with Crippen LogP contribution in [0, 0.1) is 13.8 Å². The van der Waals surface area contributed by atoms with E-state index in [9.17, 15) is 4.79 Å². The molecule has 0 bridgehead atoms. The lowest BCUT2D eigenvalue weighted by molar-refractivity contribution is 0.0978. The summed E-state index contributed by atoms with van der Waals surface area (Å²) in [4.78, 5) is 12.3. The van der Waals surface area contributed by atoms with Crippen molar-refractivity contribution < 1.29 is 9.53 Å². The number of benzene rings is 1. The summed E-state index contributed by atoms with van der Waals surface area (Å²) in [5, 5.41) is 0. The zero-order valence-corrected chi connectivity index (χ0v) is 14.1. The molecule has 0 heterocycles. The highest BCUT2D eigenvalue weighted by Gasteiger charge is 2.11. The monoisotopic (exact) mass is 290 g/mol. The quantitative estimate of drug-likeness (QED) is 0.412. The molecule has 0 radical (unpaired) electrons. The van der Waals surface area contributed by atoms with Crippen molar-refractivity contribution in [2.24, 2.45) is 0 Å². The highest BCUT2D eigenvalue weighted by molar-refractivity contribution is 5.97. The summed E-state index contributed by atoms with van der Waals surface area (Å²) < 4.78 is 5.29. The molecule has 2 nitrogen and oxygen atoms in total. The lowest BCUT2D eigenvalue weighted by atomic mass is 9.97. The number of carbonyl (C=O) groups excluding carboxylic acids is 1. The summed E-state index contributed by atoms with van der Waals surface area (Å²) in [6.45, 7) is 6.21. The number of hydrogen-bond donors (Lipinski definition) is 0. The van der Waals surface area contributed by atoms with Gasteiger partial charge in [-0.3, -0.25) is 4.79 Å². The Labute approximate surface area is 129 Å². The molecule has 2 heteroatoms. The normalized spacial score (nSPS) is 10.7. The van der Waals surface area contributed by atoms with Gasteiger partial charge < -0.3 is 4.74 Å². The standard InChI is InChI=1S/C19H30O2/c1-5-6-7-8-9-10-11-12-18(20)17-13-16(3)19(21-4)14-15(17)2/h13-14H,5-12H2,1-4H3. The van der Waals surface area contributed by atoms with Gasteiger partial charge in [-0.2, -0.15) is 0 Å². The van der Waals surface area contributed by atoms with Crippen LogP contribution < -0.4 is 4.74 Å². The SMILES string of the molecule is CCCCCCCCCC(=O)c1cc(C)c(OC)cc1C. The first-order chi connectivity index (χ1) is 10.1. The molecular weight excluding hydrogens is 260 g/mol. The van der Waals surface area contributed by atoms with E-state index in [0.29, 0.717) is 6.42 Å². The van der Waals surface area contributed by atoms with Crippen molar-refractivity contribution in [2.45, 2.75) is 72.1 Å². The van der Waals surface area contributed by atoms with Gasteiger partial charge >= 0.3 is 0 Å². The Morgan fingerprint density at radius 2 is 1.57 bits per heavy atom. The van der Waals surface area contributed by atoms with Crippen molar-refractivity contribution in [2.75, 3.05) is 7.11 Å². The minimum Gasteiger partial charge on any atom is -0.496 e. The number of rotatable bonds is 10. The van der Waals surface area contributed by atoms with Gasteiger partial charge in [0.1, 0.15) is 5.75 Å². The molecule has 0 saturated heterocycles. The van der Waals surface area contributed by atoms with Crippen molar-refractivity contribution >= 4 is 5.78 Å². The smallest absolute Gasteiger partial charge is 0.163 e. The Hall–Kier alpha value is -1.31. The number of unbranched alkanes of at least 4 members (excludes halogenated alkanes) is 6. The summed E-state index contributed by atoms with van der Waals surface area (Å²) >= 11 is 0. The number of ketones is 1. The Morgan fingerprint density at radius 1 is 0.952 bits per heavy atom. The lowest BCUT2D eigenvalue weighted by Crippen LogP contribution is -2.03. The van der Waals surface area contributed by atoms with Crippen LogP contribution >= 0.6 is 0 Å². The Balaban J connectivity index is 2.40. The third-order valence-corrected chi connectivity index (χ3v) is 4.05. The van der Waals surface area contributed by atoms with Gasteiger partial charge in [-0.25, -0.2) is 0 Å². The van der Waals surface area contributed by atoms with Crippen LogP contribution in [0.1, 0.15) is 79.8 Å². The molecule has 0 spiro atoms. The van der Waals surface area contributed by atoms with Gasteiger partial charge in [-0.05, 0) is 43.5 Å². The number of carbonyl (C=O) groups is 1. The molecule has 0 aromatic heterocycles. The van der Waals surface area contributed by atoms with Gasteiger partial charge in [0.15, 0.2) is 5.78 Å². The zero-order chi connectivity index (χ0) is 15.7. The van der Waals surface area contributed by atoms with Crippen molar-refractivity contribution in [1.29, 1.82) is 0 Å². The van der Waals surface area contributed by atoms with Crippen LogP contribution in [-0.2, 0) is 0 Å². The minimum atomic E-state index is 0.270. The summed E-state index contributed by atoms with van der Waals surface area (Å²) in [6, 6.07) is 3.94. The van der Waals surface area contributed by atoms with Gasteiger partial charge in [0.25, 0.3) is 0 Å². The van der Waals surface area contributed by atoms with Crippen LogP contribution in [0.4, 0.5) is 0 Å². The largest absolute Gasteiger partial charge is 0.496 e. The summed E-state index contributed by atoms with van der Waals surface area (Å²) in [7, 11) is 1.67. The molecule has 1 aromatic rings. The molecule has 0 aliphatic heterocycles.